The molecule has 2 N–H and O–H groups in total. The number of benzene rings is 2. The summed E-state index contributed by atoms with van der Waals surface area (Å²) in [7, 11) is 3.34. The molecule has 0 spiro atoms. The Morgan fingerprint density at radius 2 is 1.83 bits per heavy atom. The summed E-state index contributed by atoms with van der Waals surface area (Å²) >= 11 is 3.41. The van der Waals surface area contributed by atoms with Gasteiger partial charge in [0.15, 0.2) is 5.96 Å². The zero-order valence-electron chi connectivity index (χ0n) is 13.1. The van der Waals surface area contributed by atoms with Crippen LogP contribution in [-0.4, -0.2) is 20.1 Å². The normalized spacial score (nSPS) is 11.2. The van der Waals surface area contributed by atoms with E-state index in [4.69, 9.17) is 4.74 Å². The number of nitrogens with zero attached hydrogens (tertiary/aromatic N) is 1. The van der Waals surface area contributed by atoms with Crippen LogP contribution in [0.5, 0.6) is 5.75 Å². The zero-order chi connectivity index (χ0) is 16.7. The van der Waals surface area contributed by atoms with E-state index in [1.807, 2.05) is 24.3 Å². The van der Waals surface area contributed by atoms with Crippen LogP contribution in [0.15, 0.2) is 51.9 Å². The van der Waals surface area contributed by atoms with Gasteiger partial charge in [-0.1, -0.05) is 28.1 Å². The first-order valence-electron chi connectivity index (χ1n) is 7.13. The van der Waals surface area contributed by atoms with E-state index >= 15 is 0 Å². The molecule has 6 heteroatoms. The highest BCUT2D eigenvalue weighted by atomic mass is 79.9. The number of nitrogens with one attached hydrogen (secondary N) is 2. The summed E-state index contributed by atoms with van der Waals surface area (Å²) < 4.78 is 19.3. The maximum atomic E-state index is 13.3. The minimum Gasteiger partial charge on any atom is -0.497 e. The first-order valence-corrected chi connectivity index (χ1v) is 7.93. The number of halogens is 2. The van der Waals surface area contributed by atoms with E-state index in [0.29, 0.717) is 19.0 Å². The fourth-order valence-corrected chi connectivity index (χ4v) is 2.39. The molecule has 0 radical (unpaired) electrons. The maximum absolute atomic E-state index is 13.3. The highest BCUT2D eigenvalue weighted by molar-refractivity contribution is 9.10. The van der Waals surface area contributed by atoms with Crippen molar-refractivity contribution in [3.63, 3.8) is 0 Å². The lowest BCUT2D eigenvalue weighted by Gasteiger charge is -2.13. The van der Waals surface area contributed by atoms with Crippen molar-refractivity contribution >= 4 is 21.9 Å². The minimum absolute atomic E-state index is 0.258. The molecule has 0 aliphatic heterocycles. The first kappa shape index (κ1) is 17.3. The Bertz CT molecular complexity index is 674. The van der Waals surface area contributed by atoms with Gasteiger partial charge >= 0.3 is 0 Å². The number of methoxy groups -OCH3 is 1. The fourth-order valence-electron chi connectivity index (χ4n) is 2.01. The number of guanidine groups is 1. The Kier molecular flexibility index (Phi) is 6.40. The van der Waals surface area contributed by atoms with Crippen LogP contribution in [0.2, 0.25) is 0 Å². The summed E-state index contributed by atoms with van der Waals surface area (Å²) in [5, 5.41) is 6.38. The standard InChI is InChI=1S/C17H19BrFN3O/c1-20-17(21-10-12-3-6-15(23-2)7-4-12)22-11-13-9-14(19)5-8-16(13)18/h3-9H,10-11H2,1-2H3,(H2,20,21,22). The van der Waals surface area contributed by atoms with Gasteiger partial charge in [-0.2, -0.15) is 0 Å². The monoisotopic (exact) mass is 379 g/mol. The average Bonchev–Trinajstić information content (AvgIpc) is 2.58. The van der Waals surface area contributed by atoms with Gasteiger partial charge in [0.2, 0.25) is 0 Å². The summed E-state index contributed by atoms with van der Waals surface area (Å²) in [6, 6.07) is 12.4. The van der Waals surface area contributed by atoms with E-state index in [1.165, 1.54) is 12.1 Å². The highest BCUT2D eigenvalue weighted by Crippen LogP contribution is 2.17. The molecule has 2 aromatic carbocycles. The molecule has 0 bridgehead atoms. The van der Waals surface area contributed by atoms with Crippen LogP contribution >= 0.6 is 15.9 Å². The Balaban J connectivity index is 1.89. The summed E-state index contributed by atoms with van der Waals surface area (Å²) in [5.41, 5.74) is 1.94. The van der Waals surface area contributed by atoms with Crippen molar-refractivity contribution in [1.82, 2.24) is 10.6 Å². The number of ether oxygens (including phenoxy) is 1. The molecule has 2 rings (SSSR count). The van der Waals surface area contributed by atoms with Crippen molar-refractivity contribution in [2.45, 2.75) is 13.1 Å². The van der Waals surface area contributed by atoms with Crippen molar-refractivity contribution in [2.24, 2.45) is 4.99 Å². The predicted molar refractivity (Wildman–Crippen MR) is 94.1 cm³/mol. The van der Waals surface area contributed by atoms with Gasteiger partial charge in [-0.25, -0.2) is 4.39 Å². The average molecular weight is 380 g/mol. The molecular weight excluding hydrogens is 361 g/mol. The van der Waals surface area contributed by atoms with Crippen LogP contribution in [0.4, 0.5) is 4.39 Å². The lowest BCUT2D eigenvalue weighted by molar-refractivity contribution is 0.414. The molecule has 4 nitrogen and oxygen atoms in total. The second kappa shape index (κ2) is 8.53. The van der Waals surface area contributed by atoms with Crippen LogP contribution in [0.25, 0.3) is 0 Å². The molecule has 122 valence electrons. The first-order chi connectivity index (χ1) is 11.1. The van der Waals surface area contributed by atoms with Crippen LogP contribution in [-0.2, 0) is 13.1 Å². The molecule has 23 heavy (non-hydrogen) atoms. The maximum Gasteiger partial charge on any atom is 0.191 e. The summed E-state index contributed by atoms with van der Waals surface area (Å²) in [5.74, 6) is 1.22. The van der Waals surface area contributed by atoms with E-state index < -0.39 is 0 Å². The quantitative estimate of drug-likeness (QED) is 0.617. The SMILES string of the molecule is CN=C(NCc1ccc(OC)cc1)NCc1cc(F)ccc1Br. The summed E-state index contributed by atoms with van der Waals surface area (Å²) in [6.45, 7) is 1.11. The smallest absolute Gasteiger partial charge is 0.191 e. The summed E-state index contributed by atoms with van der Waals surface area (Å²) in [6.07, 6.45) is 0. The van der Waals surface area contributed by atoms with Crippen molar-refractivity contribution in [2.75, 3.05) is 14.2 Å². The molecule has 0 saturated carbocycles. The van der Waals surface area contributed by atoms with E-state index in [0.717, 1.165) is 21.3 Å². The molecule has 0 amide bonds. The predicted octanol–water partition coefficient (Wildman–Crippen LogP) is 3.46. The minimum atomic E-state index is -0.258. The highest BCUT2D eigenvalue weighted by Gasteiger charge is 2.04. The second-order valence-electron chi connectivity index (χ2n) is 4.86. The molecule has 0 aromatic heterocycles. The van der Waals surface area contributed by atoms with Crippen molar-refractivity contribution in [3.8, 4) is 5.75 Å². The number of rotatable bonds is 5. The van der Waals surface area contributed by atoms with Gasteiger partial charge in [0.1, 0.15) is 11.6 Å². The van der Waals surface area contributed by atoms with Gasteiger partial charge in [0, 0.05) is 24.6 Å². The summed E-state index contributed by atoms with van der Waals surface area (Å²) in [4.78, 5) is 4.16. The Labute approximate surface area is 143 Å². The molecule has 0 aliphatic carbocycles. The number of aliphatic imine (C=N–C) groups is 1. The molecule has 0 aliphatic rings. The van der Waals surface area contributed by atoms with Gasteiger partial charge in [-0.15, -0.1) is 0 Å². The van der Waals surface area contributed by atoms with Crippen LogP contribution in [0, 0.1) is 5.82 Å². The van der Waals surface area contributed by atoms with Crippen molar-refractivity contribution < 1.29 is 9.13 Å². The molecule has 2 aromatic rings. The largest absolute Gasteiger partial charge is 0.497 e. The van der Waals surface area contributed by atoms with Gasteiger partial charge in [0.05, 0.1) is 7.11 Å². The van der Waals surface area contributed by atoms with E-state index in [1.54, 1.807) is 20.2 Å². The lowest BCUT2D eigenvalue weighted by Crippen LogP contribution is -2.36. The Hall–Kier alpha value is -2.08. The molecule has 0 unspecified atom stereocenters. The Morgan fingerprint density at radius 1 is 1.13 bits per heavy atom. The Morgan fingerprint density at radius 3 is 2.48 bits per heavy atom. The van der Waals surface area contributed by atoms with Gasteiger partial charge < -0.3 is 15.4 Å². The third-order valence-corrected chi connectivity index (χ3v) is 4.07. The topological polar surface area (TPSA) is 45.7 Å². The van der Waals surface area contributed by atoms with Gasteiger partial charge in [0.25, 0.3) is 0 Å². The lowest BCUT2D eigenvalue weighted by atomic mass is 10.2. The molecule has 0 saturated heterocycles. The zero-order valence-corrected chi connectivity index (χ0v) is 14.7. The van der Waals surface area contributed by atoms with E-state index in [9.17, 15) is 4.39 Å². The van der Waals surface area contributed by atoms with Crippen LogP contribution < -0.4 is 15.4 Å². The van der Waals surface area contributed by atoms with Gasteiger partial charge in [-0.05, 0) is 41.5 Å². The molecular formula is C17H19BrFN3O. The van der Waals surface area contributed by atoms with Crippen LogP contribution in [0.1, 0.15) is 11.1 Å². The van der Waals surface area contributed by atoms with Gasteiger partial charge in [-0.3, -0.25) is 4.99 Å². The fraction of sp³-hybridized carbons (Fsp3) is 0.235. The molecule has 0 fully saturated rings. The van der Waals surface area contributed by atoms with Crippen molar-refractivity contribution in [3.05, 3.63) is 63.9 Å². The number of hydrogen-bond acceptors (Lipinski definition) is 2. The number of hydrogen-bond donors (Lipinski definition) is 2. The molecule has 0 atom stereocenters. The van der Waals surface area contributed by atoms with E-state index in [2.05, 4.69) is 31.6 Å². The molecule has 0 heterocycles. The third-order valence-electron chi connectivity index (χ3n) is 3.30. The van der Waals surface area contributed by atoms with Crippen LogP contribution in [0.3, 0.4) is 0 Å². The second-order valence-corrected chi connectivity index (χ2v) is 5.72. The van der Waals surface area contributed by atoms with E-state index in [-0.39, 0.29) is 5.82 Å². The van der Waals surface area contributed by atoms with Crippen molar-refractivity contribution in [1.29, 1.82) is 0 Å². The third kappa shape index (κ3) is 5.25.